The van der Waals surface area contributed by atoms with E-state index in [0.29, 0.717) is 22.1 Å². The smallest absolute Gasteiger partial charge is 0.275 e. The lowest BCUT2D eigenvalue weighted by Crippen LogP contribution is -2.14. The van der Waals surface area contributed by atoms with Gasteiger partial charge in [-0.05, 0) is 43.3 Å². The number of hydrogen-bond acceptors (Lipinski definition) is 5. The van der Waals surface area contributed by atoms with Crippen LogP contribution < -0.4 is 10.6 Å². The average molecular weight is 367 g/mol. The second-order valence-electron chi connectivity index (χ2n) is 5.48. The molecule has 0 aliphatic rings. The maximum atomic E-state index is 12.2. The summed E-state index contributed by atoms with van der Waals surface area (Å²) in [5.41, 5.74) is 2.07. The van der Waals surface area contributed by atoms with Crippen LogP contribution >= 0.6 is 11.6 Å². The van der Waals surface area contributed by atoms with E-state index in [1.807, 2.05) is 0 Å². The van der Waals surface area contributed by atoms with Crippen LogP contribution in [0.15, 0.2) is 60.9 Å². The number of carbonyl (C=O) groups is 2. The van der Waals surface area contributed by atoms with Crippen molar-refractivity contribution in [2.45, 2.75) is 6.92 Å². The van der Waals surface area contributed by atoms with Crippen molar-refractivity contribution in [3.05, 3.63) is 77.2 Å². The second kappa shape index (κ2) is 7.76. The van der Waals surface area contributed by atoms with Crippen LogP contribution in [0.1, 0.15) is 27.8 Å². The van der Waals surface area contributed by atoms with Gasteiger partial charge in [-0.15, -0.1) is 0 Å². The maximum absolute atomic E-state index is 12.2. The number of nitrogens with zero attached hydrogens (tertiary/aromatic N) is 2. The van der Waals surface area contributed by atoms with Crippen LogP contribution in [0.2, 0.25) is 5.02 Å². The highest BCUT2D eigenvalue weighted by Crippen LogP contribution is 2.21. The van der Waals surface area contributed by atoms with E-state index in [1.165, 1.54) is 19.3 Å². The molecule has 6 nitrogen and oxygen atoms in total. The summed E-state index contributed by atoms with van der Waals surface area (Å²) in [7, 11) is 0. The van der Waals surface area contributed by atoms with Crippen LogP contribution in [0.5, 0.6) is 0 Å². The van der Waals surface area contributed by atoms with E-state index in [4.69, 9.17) is 11.6 Å². The van der Waals surface area contributed by atoms with E-state index in [0.717, 1.165) is 5.69 Å². The molecule has 0 spiro atoms. The van der Waals surface area contributed by atoms with Crippen molar-refractivity contribution in [2.24, 2.45) is 0 Å². The fourth-order valence-electron chi connectivity index (χ4n) is 2.19. The van der Waals surface area contributed by atoms with E-state index in [2.05, 4.69) is 20.6 Å². The zero-order valence-corrected chi connectivity index (χ0v) is 14.6. The van der Waals surface area contributed by atoms with E-state index in [-0.39, 0.29) is 11.5 Å². The van der Waals surface area contributed by atoms with Crippen molar-refractivity contribution in [2.75, 3.05) is 10.6 Å². The predicted molar refractivity (Wildman–Crippen MR) is 101 cm³/mol. The summed E-state index contributed by atoms with van der Waals surface area (Å²) in [6.45, 7) is 1.51. The fraction of sp³-hybridized carbons (Fsp3) is 0.0526. The van der Waals surface area contributed by atoms with Crippen molar-refractivity contribution >= 4 is 40.5 Å². The monoisotopic (exact) mass is 366 g/mol. The number of nitrogens with one attached hydrogen (secondary N) is 2. The van der Waals surface area contributed by atoms with E-state index >= 15 is 0 Å². The summed E-state index contributed by atoms with van der Waals surface area (Å²) >= 11 is 6.02. The van der Waals surface area contributed by atoms with E-state index < -0.39 is 5.91 Å². The Hall–Kier alpha value is -3.25. The van der Waals surface area contributed by atoms with E-state index in [9.17, 15) is 9.59 Å². The molecule has 0 radical (unpaired) electrons. The highest BCUT2D eigenvalue weighted by atomic mass is 35.5. The zero-order valence-electron chi connectivity index (χ0n) is 13.9. The molecule has 0 aliphatic heterocycles. The van der Waals surface area contributed by atoms with Gasteiger partial charge in [0.1, 0.15) is 11.5 Å². The number of halogens is 1. The third kappa shape index (κ3) is 4.23. The fourth-order valence-corrected chi connectivity index (χ4v) is 2.38. The molecule has 3 rings (SSSR count). The molecule has 0 unspecified atom stereocenters. The Balaban J connectivity index is 1.67. The summed E-state index contributed by atoms with van der Waals surface area (Å²) in [5.74, 6) is 0.0862. The molecular weight excluding hydrogens is 352 g/mol. The number of carbonyl (C=O) groups excluding carboxylic acids is 2. The van der Waals surface area contributed by atoms with Gasteiger partial charge in [-0.3, -0.25) is 9.59 Å². The van der Waals surface area contributed by atoms with Gasteiger partial charge in [0.25, 0.3) is 5.91 Å². The molecule has 1 heterocycles. The number of rotatable bonds is 5. The lowest BCUT2D eigenvalue weighted by molar-refractivity contribution is 0.101. The predicted octanol–water partition coefficient (Wildman–Crippen LogP) is 4.33. The Bertz CT molecular complexity index is 941. The normalized spacial score (nSPS) is 10.2. The zero-order chi connectivity index (χ0) is 18.5. The summed E-state index contributed by atoms with van der Waals surface area (Å²) in [6.07, 6.45) is 2.83. The topological polar surface area (TPSA) is 84.0 Å². The van der Waals surface area contributed by atoms with Gasteiger partial charge in [0, 0.05) is 11.3 Å². The molecule has 0 atom stereocenters. The molecule has 26 heavy (non-hydrogen) atoms. The Morgan fingerprint density at radius 1 is 0.962 bits per heavy atom. The first-order chi connectivity index (χ1) is 12.5. The van der Waals surface area contributed by atoms with Gasteiger partial charge in [0.15, 0.2) is 5.78 Å². The quantitative estimate of drug-likeness (QED) is 0.656. The number of amides is 1. The second-order valence-corrected chi connectivity index (χ2v) is 5.89. The van der Waals surface area contributed by atoms with Crippen molar-refractivity contribution in [3.63, 3.8) is 0 Å². The molecule has 0 saturated carbocycles. The van der Waals surface area contributed by atoms with Crippen LogP contribution in [0.3, 0.4) is 0 Å². The van der Waals surface area contributed by atoms with Gasteiger partial charge in [-0.1, -0.05) is 23.7 Å². The van der Waals surface area contributed by atoms with Crippen molar-refractivity contribution in [1.82, 2.24) is 9.97 Å². The average Bonchev–Trinajstić information content (AvgIpc) is 2.64. The molecule has 130 valence electrons. The summed E-state index contributed by atoms with van der Waals surface area (Å²) in [4.78, 5) is 31.8. The number of para-hydroxylation sites is 1. The summed E-state index contributed by atoms with van der Waals surface area (Å²) in [6, 6.07) is 13.9. The van der Waals surface area contributed by atoms with Crippen LogP contribution in [-0.2, 0) is 0 Å². The lowest BCUT2D eigenvalue weighted by Gasteiger charge is -2.08. The third-order valence-electron chi connectivity index (χ3n) is 3.57. The Kier molecular flexibility index (Phi) is 5.24. The summed E-state index contributed by atoms with van der Waals surface area (Å²) < 4.78 is 0. The molecule has 3 aromatic rings. The number of Topliss-reactive ketones (excluding diaryl/α,β-unsaturated/α-hetero) is 1. The van der Waals surface area contributed by atoms with Gasteiger partial charge in [0.2, 0.25) is 0 Å². The number of anilines is 3. The number of benzene rings is 2. The molecule has 1 aromatic heterocycles. The molecule has 0 bridgehead atoms. The molecule has 2 N–H and O–H groups in total. The lowest BCUT2D eigenvalue weighted by atomic mass is 10.1. The minimum absolute atomic E-state index is 0.00484. The molecule has 2 aromatic carbocycles. The van der Waals surface area contributed by atoms with Crippen LogP contribution in [0.4, 0.5) is 17.2 Å². The molecular formula is C19H15ClN4O2. The first kappa shape index (κ1) is 17.6. The minimum atomic E-state index is -0.400. The number of aromatic nitrogens is 2. The van der Waals surface area contributed by atoms with Crippen molar-refractivity contribution in [3.8, 4) is 0 Å². The van der Waals surface area contributed by atoms with Crippen LogP contribution in [0, 0.1) is 0 Å². The molecule has 0 aliphatic carbocycles. The minimum Gasteiger partial charge on any atom is -0.339 e. The SMILES string of the molecule is CC(=O)c1ccc(Nc2cnc(C(=O)Nc3ccccc3Cl)cn2)cc1. The standard InChI is InChI=1S/C19H15ClN4O2/c1-12(25)13-6-8-14(9-7-13)23-18-11-21-17(10-22-18)19(26)24-16-5-3-2-4-15(16)20/h2-11H,1H3,(H,22,23)(H,24,26). The van der Waals surface area contributed by atoms with Gasteiger partial charge >= 0.3 is 0 Å². The Morgan fingerprint density at radius 3 is 2.31 bits per heavy atom. The van der Waals surface area contributed by atoms with E-state index in [1.54, 1.807) is 48.5 Å². The number of ketones is 1. The van der Waals surface area contributed by atoms with Gasteiger partial charge in [0.05, 0.1) is 23.1 Å². The molecule has 0 fully saturated rings. The first-order valence-electron chi connectivity index (χ1n) is 7.79. The largest absolute Gasteiger partial charge is 0.339 e. The third-order valence-corrected chi connectivity index (χ3v) is 3.90. The Labute approximate surface area is 155 Å². The Morgan fingerprint density at radius 2 is 1.69 bits per heavy atom. The van der Waals surface area contributed by atoms with Gasteiger partial charge in [-0.2, -0.15) is 0 Å². The van der Waals surface area contributed by atoms with Crippen LogP contribution in [-0.4, -0.2) is 21.7 Å². The van der Waals surface area contributed by atoms with Crippen LogP contribution in [0.25, 0.3) is 0 Å². The van der Waals surface area contributed by atoms with Gasteiger partial charge < -0.3 is 10.6 Å². The highest BCUT2D eigenvalue weighted by Gasteiger charge is 2.10. The molecule has 1 amide bonds. The molecule has 7 heteroatoms. The highest BCUT2D eigenvalue weighted by molar-refractivity contribution is 6.33. The van der Waals surface area contributed by atoms with Crippen molar-refractivity contribution < 1.29 is 9.59 Å². The summed E-state index contributed by atoms with van der Waals surface area (Å²) in [5, 5.41) is 6.19. The molecule has 0 saturated heterocycles. The first-order valence-corrected chi connectivity index (χ1v) is 8.16. The van der Waals surface area contributed by atoms with Gasteiger partial charge in [-0.25, -0.2) is 9.97 Å². The number of hydrogen-bond donors (Lipinski definition) is 2. The maximum Gasteiger partial charge on any atom is 0.275 e. The van der Waals surface area contributed by atoms with Crippen molar-refractivity contribution in [1.29, 1.82) is 0 Å².